The van der Waals surface area contributed by atoms with E-state index in [1.807, 2.05) is 0 Å². The normalized spacial score (nSPS) is 0.600. The second-order valence-corrected chi connectivity index (χ2v) is 0. The van der Waals surface area contributed by atoms with E-state index < -0.39 is 0 Å². The summed E-state index contributed by atoms with van der Waals surface area (Å²) < 4.78 is 0. The molecule has 0 rings (SSSR count). The number of aliphatic hydroxyl groups excluding tert-OH is 1. The summed E-state index contributed by atoms with van der Waals surface area (Å²) in [6.07, 6.45) is 0. The Morgan fingerprint density at radius 1 is 0.600 bits per heavy atom. The van der Waals surface area contributed by atoms with Gasteiger partial charge in [-0.3, -0.25) is 0 Å². The second-order valence-electron chi connectivity index (χ2n) is 0. The van der Waals surface area contributed by atoms with Crippen LogP contribution in [0.15, 0.2) is 0 Å². The van der Waals surface area contributed by atoms with Crippen molar-refractivity contribution in [2.24, 2.45) is 0 Å². The van der Waals surface area contributed by atoms with Crippen LogP contribution in [0.3, 0.4) is 0 Å². The summed E-state index contributed by atoms with van der Waals surface area (Å²) in [7, 11) is 2.25. The minimum atomic E-state index is 0. The Labute approximate surface area is 80.8 Å². The molecule has 0 aliphatic rings. The average molecular weight is 199 g/mol. The molecule has 70 valence electrons. The zero-order valence-electron chi connectivity index (χ0n) is 5.24. The van der Waals surface area contributed by atoms with Crippen LogP contribution >= 0.6 is 0 Å². The molecule has 0 aliphatic heterocycles. The Morgan fingerprint density at radius 2 is 0.600 bits per heavy atom. The van der Waals surface area contributed by atoms with Gasteiger partial charge in [0.05, 0.1) is 0 Å². The van der Waals surface area contributed by atoms with Crippen molar-refractivity contribution < 1.29 is 50.4 Å². The van der Waals surface area contributed by atoms with Crippen molar-refractivity contribution in [1.29, 1.82) is 0 Å². The van der Waals surface area contributed by atoms with Gasteiger partial charge in [-0.2, -0.15) is 0 Å². The molecule has 0 spiro atoms. The third kappa shape index (κ3) is 881. The van der Waals surface area contributed by atoms with Crippen molar-refractivity contribution in [1.82, 2.24) is 0 Å². The molecular weight excluding hydrogens is 184 g/mol. The van der Waals surface area contributed by atoms with Crippen LogP contribution in [0.5, 0.6) is 0 Å². The molecule has 7 nitrogen and oxygen atoms in total. The predicted octanol–water partition coefficient (Wildman–Crippen LogP) is -8.17. The summed E-state index contributed by atoms with van der Waals surface area (Å²) in [6.45, 7) is 0. The third-order valence-corrected chi connectivity index (χ3v) is 0. The van der Waals surface area contributed by atoms with Gasteiger partial charge < -0.3 is 50.4 Å². The Bertz CT molecular complexity index is 13.6. The van der Waals surface area contributed by atoms with Gasteiger partial charge in [0.1, 0.15) is 0 Å². The molecule has 0 unspecified atom stereocenters. The van der Waals surface area contributed by atoms with Gasteiger partial charge in [-0.1, -0.05) is 0 Å². The van der Waals surface area contributed by atoms with E-state index in [0.717, 1.165) is 0 Å². The first kappa shape index (κ1) is 326. The first-order valence-electron chi connectivity index (χ1n) is 0.316. The molecular formula is CH15ClMgO7. The summed E-state index contributed by atoms with van der Waals surface area (Å²) in [5, 5.41) is 6.75. The number of hydrogen-bond acceptors (Lipinski definition) is 1. The minimum Gasteiger partial charge on any atom is -1.00 e. The number of halogens is 1. The van der Waals surface area contributed by atoms with Gasteiger partial charge in [0.15, 0.2) is 0 Å². The summed E-state index contributed by atoms with van der Waals surface area (Å²) in [6, 6.07) is 0. The van der Waals surface area contributed by atoms with Gasteiger partial charge in [-0.15, -0.1) is 0 Å². The number of rotatable bonds is 0. The van der Waals surface area contributed by atoms with Crippen LogP contribution in [0, 0.1) is 7.11 Å². The second kappa shape index (κ2) is 1250. The maximum absolute atomic E-state index is 6.75. The van der Waals surface area contributed by atoms with Crippen molar-refractivity contribution in [3.8, 4) is 0 Å². The van der Waals surface area contributed by atoms with Crippen LogP contribution in [-0.4, -0.2) is 61.0 Å². The van der Waals surface area contributed by atoms with Gasteiger partial charge in [0.2, 0.25) is 0 Å². The van der Waals surface area contributed by atoms with Gasteiger partial charge in [0.25, 0.3) is 0 Å². The van der Waals surface area contributed by atoms with Crippen LogP contribution in [0.4, 0.5) is 0 Å². The van der Waals surface area contributed by atoms with E-state index >= 15 is 0 Å². The first-order valence-corrected chi connectivity index (χ1v) is 0.316. The van der Waals surface area contributed by atoms with Gasteiger partial charge in [0, 0.05) is 0 Å². The minimum absolute atomic E-state index is 0. The van der Waals surface area contributed by atoms with Crippen molar-refractivity contribution in [3.05, 3.63) is 7.11 Å². The number of hydrogen-bond donors (Lipinski definition) is 1. The van der Waals surface area contributed by atoms with Crippen LogP contribution in [0.25, 0.3) is 0 Å². The zero-order valence-corrected chi connectivity index (χ0v) is 7.41. The molecule has 0 heterocycles. The van der Waals surface area contributed by atoms with E-state index in [2.05, 4.69) is 7.11 Å². The van der Waals surface area contributed by atoms with E-state index in [0.29, 0.717) is 0 Å². The van der Waals surface area contributed by atoms with E-state index in [-0.39, 0.29) is 68.3 Å². The SMILES string of the molecule is O.O.O.O.O.O.[CH2-]O.[Cl-].[Mg+2]. The zero-order chi connectivity index (χ0) is 2.00. The summed E-state index contributed by atoms with van der Waals surface area (Å²) in [5.74, 6) is 0. The number of aliphatic hydroxyl groups is 1. The molecule has 10 heavy (non-hydrogen) atoms. The fourth-order valence-corrected chi connectivity index (χ4v) is 0. The van der Waals surface area contributed by atoms with Crippen LogP contribution in [0.2, 0.25) is 0 Å². The molecule has 13 N–H and O–H groups in total. The standard InChI is InChI=1S/CH3O.ClH.Mg.6H2O/c1-2;;;;;;;;/h2H,1H2;1H;;6*1H2/q-1;;+2;;;;;;/p-1. The summed E-state index contributed by atoms with van der Waals surface area (Å²) >= 11 is 0. The van der Waals surface area contributed by atoms with E-state index in [1.165, 1.54) is 0 Å². The predicted molar refractivity (Wildman–Crippen MR) is 34.7 cm³/mol. The van der Waals surface area contributed by atoms with E-state index in [1.54, 1.807) is 0 Å². The van der Waals surface area contributed by atoms with E-state index in [4.69, 9.17) is 5.11 Å². The van der Waals surface area contributed by atoms with Crippen LogP contribution in [0.1, 0.15) is 0 Å². The monoisotopic (exact) mass is 198 g/mol. The quantitative estimate of drug-likeness (QED) is 0.292. The topological polar surface area (TPSA) is 209 Å². The van der Waals surface area contributed by atoms with Crippen LogP contribution in [-0.2, 0) is 0 Å². The molecule has 0 saturated carbocycles. The maximum atomic E-state index is 6.75. The summed E-state index contributed by atoms with van der Waals surface area (Å²) in [5.41, 5.74) is 0. The Morgan fingerprint density at radius 3 is 0.600 bits per heavy atom. The van der Waals surface area contributed by atoms with Crippen molar-refractivity contribution in [3.63, 3.8) is 0 Å². The molecule has 0 saturated heterocycles. The Kier molecular flexibility index (Phi) is 40800. The molecule has 0 fully saturated rings. The molecule has 0 aromatic carbocycles. The molecule has 0 atom stereocenters. The smallest absolute Gasteiger partial charge is 1.00 e. The maximum Gasteiger partial charge on any atom is 2.00 e. The molecule has 0 aromatic rings. The molecule has 9 heteroatoms. The Hall–Kier alpha value is 0.776. The average Bonchev–Trinajstić information content (AvgIpc) is 1.00. The third-order valence-electron chi connectivity index (χ3n) is 0. The van der Waals surface area contributed by atoms with Gasteiger partial charge in [-0.25, -0.2) is 7.11 Å². The molecule has 0 aromatic heterocycles. The molecule has 0 aliphatic carbocycles. The largest absolute Gasteiger partial charge is 2.00 e. The van der Waals surface area contributed by atoms with Gasteiger partial charge >= 0.3 is 23.1 Å². The molecule has 0 amide bonds. The molecule has 0 bridgehead atoms. The van der Waals surface area contributed by atoms with Gasteiger partial charge in [-0.05, 0) is 0 Å². The summed E-state index contributed by atoms with van der Waals surface area (Å²) in [4.78, 5) is 0. The molecule has 0 radical (unpaired) electrons. The van der Waals surface area contributed by atoms with Crippen molar-refractivity contribution in [2.45, 2.75) is 0 Å². The van der Waals surface area contributed by atoms with Crippen LogP contribution < -0.4 is 12.4 Å². The van der Waals surface area contributed by atoms with E-state index in [9.17, 15) is 0 Å². The first-order chi connectivity index (χ1) is 1.00. The fraction of sp³-hybridized carbons (Fsp3) is 0. The van der Waals surface area contributed by atoms with Crippen molar-refractivity contribution >= 4 is 23.1 Å². The fourth-order valence-electron chi connectivity index (χ4n) is 0. The van der Waals surface area contributed by atoms with Crippen molar-refractivity contribution in [2.75, 3.05) is 0 Å². The Balaban J connectivity index is -0.000000000179.